The molecule has 0 heterocycles. The minimum Gasteiger partial charge on any atom is -0.456 e. The Hall–Kier alpha value is -3.59. The average molecular weight is 541 g/mol. The molecule has 1 N–H and O–H groups in total. The molecule has 0 amide bonds. The maximum Gasteiger partial charge on any atom is 0.338 e. The summed E-state index contributed by atoms with van der Waals surface area (Å²) < 4.78 is 17.0. The molecule has 3 rings (SSSR count). The number of ether oxygens (including phenoxy) is 3. The first-order chi connectivity index (χ1) is 18.2. The molecule has 2 fully saturated rings. The molecule has 1 aromatic carbocycles. The van der Waals surface area contributed by atoms with Crippen LogP contribution in [0.2, 0.25) is 0 Å². The largest absolute Gasteiger partial charge is 0.456 e. The summed E-state index contributed by atoms with van der Waals surface area (Å²) in [5.74, 6) is -4.68. The van der Waals surface area contributed by atoms with E-state index >= 15 is 0 Å². The first-order valence-corrected chi connectivity index (χ1v) is 12.8. The fourth-order valence-corrected chi connectivity index (χ4v) is 6.28. The number of fused-ring (bicyclic) bond motifs is 1. The summed E-state index contributed by atoms with van der Waals surface area (Å²) >= 11 is 0. The number of allylic oxidation sites excluding steroid dienone is 3. The van der Waals surface area contributed by atoms with Crippen molar-refractivity contribution in [2.45, 2.75) is 72.4 Å². The molecule has 0 spiro atoms. The van der Waals surface area contributed by atoms with Crippen molar-refractivity contribution in [1.82, 2.24) is 0 Å². The van der Waals surface area contributed by atoms with Crippen LogP contribution in [-0.2, 0) is 33.4 Å². The van der Waals surface area contributed by atoms with Gasteiger partial charge in [-0.2, -0.15) is 0 Å². The van der Waals surface area contributed by atoms with Crippen molar-refractivity contribution in [3.05, 3.63) is 60.2 Å². The minimum atomic E-state index is -1.33. The van der Waals surface area contributed by atoms with Crippen LogP contribution in [0.4, 0.5) is 0 Å². The quantitative estimate of drug-likeness (QED) is 0.239. The Morgan fingerprint density at radius 2 is 1.56 bits per heavy atom. The van der Waals surface area contributed by atoms with E-state index in [0.717, 1.165) is 0 Å². The highest BCUT2D eigenvalue weighted by Crippen LogP contribution is 2.61. The maximum atomic E-state index is 13.9. The van der Waals surface area contributed by atoms with E-state index in [9.17, 15) is 29.1 Å². The lowest BCUT2D eigenvalue weighted by Gasteiger charge is -2.62. The number of benzene rings is 1. The van der Waals surface area contributed by atoms with Gasteiger partial charge in [-0.05, 0) is 36.8 Å². The van der Waals surface area contributed by atoms with Gasteiger partial charge in [-0.25, -0.2) is 4.79 Å². The molecular formula is C30H36O9. The van der Waals surface area contributed by atoms with E-state index < -0.39 is 70.8 Å². The predicted octanol–water partition coefficient (Wildman–Crippen LogP) is 3.39. The second-order valence-electron chi connectivity index (χ2n) is 11.0. The van der Waals surface area contributed by atoms with Crippen LogP contribution in [0.15, 0.2) is 54.6 Å². The molecule has 7 atom stereocenters. The van der Waals surface area contributed by atoms with Crippen molar-refractivity contribution >= 4 is 29.5 Å². The molecule has 210 valence electrons. The number of ketones is 2. The Kier molecular flexibility index (Phi) is 8.65. The molecule has 0 saturated heterocycles. The number of carbonyl (C=O) groups excluding carboxylic acids is 5. The molecule has 0 unspecified atom stereocenters. The molecule has 2 aliphatic rings. The Balaban J connectivity index is 2.29. The van der Waals surface area contributed by atoms with Crippen molar-refractivity contribution in [2.24, 2.45) is 22.7 Å². The van der Waals surface area contributed by atoms with E-state index in [-0.39, 0.29) is 23.3 Å². The van der Waals surface area contributed by atoms with Gasteiger partial charge in [0.25, 0.3) is 0 Å². The standard InChI is InChI=1S/C30H36O9/c1-8-19(16(2)31)14-21-24(34)22(37-17(3)32)15-23-29(5,6)26(35)25(38-18(4)33)27(30(21,23)7)39-28(36)20-12-10-9-11-13-20/h8-14,21-23,25-27,35H,1,15H2,2-7H3/b19-14+/t21-,22+,23-,25-,26+,27-,30+/m0/s1. The fraction of sp³-hybridized carbons (Fsp3) is 0.500. The van der Waals surface area contributed by atoms with Gasteiger partial charge in [-0.15, -0.1) is 0 Å². The number of aliphatic hydroxyl groups excluding tert-OH is 1. The van der Waals surface area contributed by atoms with Gasteiger partial charge in [0, 0.05) is 30.8 Å². The highest BCUT2D eigenvalue weighted by molar-refractivity contribution is 5.98. The summed E-state index contributed by atoms with van der Waals surface area (Å²) in [5.41, 5.74) is -1.94. The van der Waals surface area contributed by atoms with Crippen LogP contribution in [0.1, 0.15) is 58.3 Å². The van der Waals surface area contributed by atoms with Gasteiger partial charge in [0.15, 0.2) is 23.8 Å². The summed E-state index contributed by atoms with van der Waals surface area (Å²) in [6, 6.07) is 8.16. The zero-order valence-electron chi connectivity index (χ0n) is 23.1. The topological polar surface area (TPSA) is 133 Å². The van der Waals surface area contributed by atoms with E-state index in [1.807, 2.05) is 0 Å². The van der Waals surface area contributed by atoms with Gasteiger partial charge in [-0.3, -0.25) is 19.2 Å². The lowest BCUT2D eigenvalue weighted by atomic mass is 9.45. The van der Waals surface area contributed by atoms with Gasteiger partial charge >= 0.3 is 17.9 Å². The third-order valence-corrected chi connectivity index (χ3v) is 8.20. The predicted molar refractivity (Wildman–Crippen MR) is 140 cm³/mol. The van der Waals surface area contributed by atoms with E-state index in [4.69, 9.17) is 14.2 Å². The Labute approximate surface area is 228 Å². The van der Waals surface area contributed by atoms with Crippen LogP contribution in [0.5, 0.6) is 0 Å². The minimum absolute atomic E-state index is 0.0268. The van der Waals surface area contributed by atoms with E-state index in [0.29, 0.717) is 0 Å². The zero-order chi connectivity index (χ0) is 29.3. The number of carbonyl (C=O) groups is 5. The molecule has 0 bridgehead atoms. The first-order valence-electron chi connectivity index (χ1n) is 12.8. The average Bonchev–Trinajstić information content (AvgIpc) is 2.86. The van der Waals surface area contributed by atoms with Crippen molar-refractivity contribution in [3.8, 4) is 0 Å². The second kappa shape index (κ2) is 11.3. The fourth-order valence-electron chi connectivity index (χ4n) is 6.28. The second-order valence-corrected chi connectivity index (χ2v) is 11.0. The summed E-state index contributed by atoms with van der Waals surface area (Å²) in [6.07, 6.45) is -2.31. The Bertz CT molecular complexity index is 1200. The molecular weight excluding hydrogens is 504 g/mol. The SMILES string of the molecule is C=C/C(=C\[C@H]1C(=O)[C@H](OC(C)=O)C[C@H]2C(C)(C)[C@H](O)[C@H](OC(C)=O)[C@H](OC(=O)c3ccccc3)[C@]12C)C(C)=O. The zero-order valence-corrected chi connectivity index (χ0v) is 23.1. The normalized spacial score (nSPS) is 31.9. The molecule has 0 radical (unpaired) electrons. The van der Waals surface area contributed by atoms with Gasteiger partial charge < -0.3 is 19.3 Å². The lowest BCUT2D eigenvalue weighted by Crippen LogP contribution is -2.71. The van der Waals surface area contributed by atoms with E-state index in [2.05, 4.69) is 6.58 Å². The van der Waals surface area contributed by atoms with Crippen molar-refractivity contribution < 1.29 is 43.3 Å². The number of Topliss-reactive ketones (excluding diaryl/α,β-unsaturated/α-hetero) is 2. The summed E-state index contributed by atoms with van der Waals surface area (Å²) in [5, 5.41) is 11.5. The molecule has 2 aliphatic carbocycles. The Morgan fingerprint density at radius 3 is 2.08 bits per heavy atom. The molecule has 9 heteroatoms. The summed E-state index contributed by atoms with van der Waals surface area (Å²) in [7, 11) is 0. The van der Waals surface area contributed by atoms with E-state index in [1.165, 1.54) is 32.9 Å². The van der Waals surface area contributed by atoms with Crippen molar-refractivity contribution in [2.75, 3.05) is 0 Å². The molecule has 39 heavy (non-hydrogen) atoms. The van der Waals surface area contributed by atoms with Crippen molar-refractivity contribution in [3.63, 3.8) is 0 Å². The van der Waals surface area contributed by atoms with Gasteiger partial charge in [0.1, 0.15) is 12.2 Å². The van der Waals surface area contributed by atoms with Gasteiger partial charge in [0.05, 0.1) is 5.56 Å². The number of rotatable bonds is 7. The summed E-state index contributed by atoms with van der Waals surface area (Å²) in [6.45, 7) is 12.6. The molecule has 1 aromatic rings. The van der Waals surface area contributed by atoms with Crippen LogP contribution < -0.4 is 0 Å². The highest BCUT2D eigenvalue weighted by Gasteiger charge is 2.69. The van der Waals surface area contributed by atoms with Crippen LogP contribution in [0.3, 0.4) is 0 Å². The lowest BCUT2D eigenvalue weighted by molar-refractivity contribution is -0.252. The summed E-state index contributed by atoms with van der Waals surface area (Å²) in [4.78, 5) is 63.8. The monoisotopic (exact) mass is 540 g/mol. The van der Waals surface area contributed by atoms with Crippen LogP contribution in [-0.4, -0.2) is 59.0 Å². The first kappa shape index (κ1) is 30.0. The van der Waals surface area contributed by atoms with Crippen LogP contribution in [0.25, 0.3) is 0 Å². The third-order valence-electron chi connectivity index (χ3n) is 8.20. The Morgan fingerprint density at radius 1 is 0.974 bits per heavy atom. The highest BCUT2D eigenvalue weighted by atomic mass is 16.6. The maximum absolute atomic E-state index is 13.9. The van der Waals surface area contributed by atoms with Gasteiger partial charge in [-0.1, -0.05) is 57.7 Å². The molecule has 2 saturated carbocycles. The number of hydrogen-bond acceptors (Lipinski definition) is 9. The van der Waals surface area contributed by atoms with Gasteiger partial charge in [0.2, 0.25) is 0 Å². The smallest absolute Gasteiger partial charge is 0.338 e. The molecule has 0 aliphatic heterocycles. The molecule has 0 aromatic heterocycles. The number of hydrogen-bond donors (Lipinski definition) is 1. The van der Waals surface area contributed by atoms with Crippen LogP contribution >= 0.6 is 0 Å². The number of esters is 3. The van der Waals surface area contributed by atoms with Crippen LogP contribution in [0, 0.1) is 22.7 Å². The third kappa shape index (κ3) is 5.59. The van der Waals surface area contributed by atoms with Crippen molar-refractivity contribution in [1.29, 1.82) is 0 Å². The molecule has 9 nitrogen and oxygen atoms in total. The number of aliphatic hydroxyl groups is 1. The van der Waals surface area contributed by atoms with E-state index in [1.54, 1.807) is 51.1 Å².